The molecule has 1 rings (SSSR count). The Morgan fingerprint density at radius 2 is 1.76 bits per heavy atom. The first-order valence-corrected chi connectivity index (χ1v) is 7.10. The van der Waals surface area contributed by atoms with E-state index >= 15 is 0 Å². The van der Waals surface area contributed by atoms with Gasteiger partial charge in [-0.1, -0.05) is 32.9 Å². The summed E-state index contributed by atoms with van der Waals surface area (Å²) < 4.78 is 0. The van der Waals surface area contributed by atoms with Crippen molar-refractivity contribution in [2.45, 2.75) is 37.0 Å². The third kappa shape index (κ3) is 4.34. The van der Waals surface area contributed by atoms with Gasteiger partial charge >= 0.3 is 0 Å². The molecule has 96 valence electrons. The van der Waals surface area contributed by atoms with Crippen molar-refractivity contribution < 1.29 is 0 Å². The number of benzene rings is 1. The lowest BCUT2D eigenvalue weighted by molar-refractivity contribution is 0.419. The molecule has 0 spiro atoms. The molecule has 1 aromatic carbocycles. The van der Waals surface area contributed by atoms with Crippen LogP contribution in [0.2, 0.25) is 0 Å². The van der Waals surface area contributed by atoms with Crippen LogP contribution in [0.1, 0.15) is 32.4 Å². The van der Waals surface area contributed by atoms with Gasteiger partial charge in [0.25, 0.3) is 0 Å². The lowest BCUT2D eigenvalue weighted by Gasteiger charge is -2.23. The minimum Gasteiger partial charge on any atom is -0.330 e. The Morgan fingerprint density at radius 1 is 1.18 bits per heavy atom. The predicted molar refractivity (Wildman–Crippen MR) is 77.5 cm³/mol. The minimum atomic E-state index is 0.345. The van der Waals surface area contributed by atoms with E-state index in [1.807, 2.05) is 18.8 Å². The summed E-state index contributed by atoms with van der Waals surface area (Å²) in [6, 6.07) is 9.16. The number of hydrogen-bond acceptors (Lipinski definition) is 3. The zero-order valence-corrected chi connectivity index (χ0v) is 12.1. The lowest BCUT2D eigenvalue weighted by atomic mass is 9.95. The van der Waals surface area contributed by atoms with Gasteiger partial charge in [-0.05, 0) is 37.2 Å². The minimum absolute atomic E-state index is 0.345. The lowest BCUT2D eigenvalue weighted by Crippen LogP contribution is -2.28. The van der Waals surface area contributed by atoms with E-state index in [1.54, 1.807) is 0 Å². The first-order chi connectivity index (χ1) is 8.08. The van der Waals surface area contributed by atoms with Gasteiger partial charge in [0.05, 0.1) is 0 Å². The maximum Gasteiger partial charge on any atom is 0.0355 e. The average Bonchev–Trinajstić information content (AvgIpc) is 2.31. The molecule has 2 nitrogen and oxygen atoms in total. The van der Waals surface area contributed by atoms with Crippen LogP contribution in [0.4, 0.5) is 0 Å². The molecule has 2 unspecified atom stereocenters. The molecule has 0 aliphatic carbocycles. The normalized spacial score (nSPS) is 14.9. The molecule has 0 fully saturated rings. The van der Waals surface area contributed by atoms with E-state index in [-0.39, 0.29) is 0 Å². The molecular formula is C14H24N2S. The highest BCUT2D eigenvalue weighted by Crippen LogP contribution is 2.26. The molecule has 17 heavy (non-hydrogen) atoms. The monoisotopic (exact) mass is 252 g/mol. The second-order valence-corrected chi connectivity index (χ2v) is 6.36. The summed E-state index contributed by atoms with van der Waals surface area (Å²) in [5, 5.41) is 3.97. The fourth-order valence-electron chi connectivity index (χ4n) is 1.94. The summed E-state index contributed by atoms with van der Waals surface area (Å²) in [6.45, 7) is 7.31. The van der Waals surface area contributed by atoms with Crippen LogP contribution in [-0.2, 0) is 0 Å². The number of nitrogens with two attached hydrogens (primary N) is 1. The van der Waals surface area contributed by atoms with Crippen LogP contribution in [0, 0.1) is 5.92 Å². The van der Waals surface area contributed by atoms with Gasteiger partial charge < -0.3 is 11.1 Å². The molecule has 0 aromatic heterocycles. The molecule has 0 bridgehead atoms. The number of rotatable bonds is 6. The van der Waals surface area contributed by atoms with Gasteiger partial charge in [-0.25, -0.2) is 0 Å². The van der Waals surface area contributed by atoms with Crippen molar-refractivity contribution >= 4 is 11.8 Å². The van der Waals surface area contributed by atoms with Crippen LogP contribution >= 0.6 is 11.8 Å². The molecule has 0 aliphatic heterocycles. The Morgan fingerprint density at radius 3 is 2.18 bits per heavy atom. The second-order valence-electron chi connectivity index (χ2n) is 4.71. The van der Waals surface area contributed by atoms with Crippen LogP contribution in [0.25, 0.3) is 0 Å². The standard InChI is InChI=1S/C14H24N2S/c1-10(2)17-13-7-5-12(6-8-13)14(16-4)11(3)9-15/h5-8,10-11,14,16H,9,15H2,1-4H3. The van der Waals surface area contributed by atoms with Crippen LogP contribution < -0.4 is 11.1 Å². The van der Waals surface area contributed by atoms with Gasteiger partial charge in [-0.3, -0.25) is 0 Å². The summed E-state index contributed by atoms with van der Waals surface area (Å²) >= 11 is 1.90. The van der Waals surface area contributed by atoms with E-state index in [1.165, 1.54) is 10.5 Å². The fourth-order valence-corrected chi connectivity index (χ4v) is 2.78. The van der Waals surface area contributed by atoms with Crippen molar-refractivity contribution in [1.29, 1.82) is 0 Å². The zero-order valence-electron chi connectivity index (χ0n) is 11.2. The third-order valence-electron chi connectivity index (χ3n) is 2.86. The molecule has 0 heterocycles. The summed E-state index contributed by atoms with van der Waals surface area (Å²) in [5.74, 6) is 0.448. The van der Waals surface area contributed by atoms with Gasteiger partial charge in [0.1, 0.15) is 0 Å². The molecule has 0 amide bonds. The van der Waals surface area contributed by atoms with Gasteiger partial charge in [0.2, 0.25) is 0 Å². The summed E-state index contributed by atoms with van der Waals surface area (Å²) in [6.07, 6.45) is 0. The van der Waals surface area contributed by atoms with Crippen molar-refractivity contribution in [2.24, 2.45) is 11.7 Å². The molecule has 1 aromatic rings. The number of thioether (sulfide) groups is 1. The van der Waals surface area contributed by atoms with Crippen LogP contribution in [0.5, 0.6) is 0 Å². The molecular weight excluding hydrogens is 228 g/mol. The van der Waals surface area contributed by atoms with Crippen molar-refractivity contribution in [3.05, 3.63) is 29.8 Å². The first-order valence-electron chi connectivity index (χ1n) is 6.22. The highest BCUT2D eigenvalue weighted by Gasteiger charge is 2.15. The van der Waals surface area contributed by atoms with Crippen molar-refractivity contribution in [3.8, 4) is 0 Å². The van der Waals surface area contributed by atoms with E-state index in [2.05, 4.69) is 50.4 Å². The van der Waals surface area contributed by atoms with E-state index in [9.17, 15) is 0 Å². The molecule has 2 atom stereocenters. The fraction of sp³-hybridized carbons (Fsp3) is 0.571. The summed E-state index contributed by atoms with van der Waals surface area (Å²) in [4.78, 5) is 1.33. The highest BCUT2D eigenvalue weighted by atomic mass is 32.2. The topological polar surface area (TPSA) is 38.0 Å². The molecule has 0 aliphatic rings. The first kappa shape index (κ1) is 14.6. The average molecular weight is 252 g/mol. The van der Waals surface area contributed by atoms with Gasteiger partial charge in [-0.15, -0.1) is 11.8 Å². The second kappa shape index (κ2) is 7.04. The van der Waals surface area contributed by atoms with E-state index in [4.69, 9.17) is 5.73 Å². The van der Waals surface area contributed by atoms with Crippen LogP contribution in [-0.4, -0.2) is 18.8 Å². The Hall–Kier alpha value is -0.510. The van der Waals surface area contributed by atoms with Crippen molar-refractivity contribution in [2.75, 3.05) is 13.6 Å². The van der Waals surface area contributed by atoms with Gasteiger partial charge in [0.15, 0.2) is 0 Å². The number of nitrogens with one attached hydrogen (secondary N) is 1. The summed E-state index contributed by atoms with van der Waals surface area (Å²) in [7, 11) is 1.99. The Balaban J connectivity index is 2.77. The third-order valence-corrected chi connectivity index (χ3v) is 3.88. The van der Waals surface area contributed by atoms with Crippen molar-refractivity contribution in [3.63, 3.8) is 0 Å². The van der Waals surface area contributed by atoms with Crippen LogP contribution in [0.3, 0.4) is 0 Å². The van der Waals surface area contributed by atoms with Crippen molar-refractivity contribution in [1.82, 2.24) is 5.32 Å². The summed E-state index contributed by atoms with van der Waals surface area (Å²) in [5.41, 5.74) is 7.06. The molecule has 3 N–H and O–H groups in total. The Labute approximate surface area is 109 Å². The van der Waals surface area contributed by atoms with Crippen LogP contribution in [0.15, 0.2) is 29.2 Å². The largest absolute Gasteiger partial charge is 0.330 e. The quantitative estimate of drug-likeness (QED) is 0.764. The maximum absolute atomic E-state index is 5.74. The molecule has 0 saturated carbocycles. The Kier molecular flexibility index (Phi) is 6.03. The molecule has 0 saturated heterocycles. The molecule has 0 radical (unpaired) electrons. The predicted octanol–water partition coefficient (Wildman–Crippen LogP) is 3.04. The number of hydrogen-bond donors (Lipinski definition) is 2. The smallest absolute Gasteiger partial charge is 0.0355 e. The maximum atomic E-state index is 5.74. The molecule has 3 heteroatoms. The Bertz CT molecular complexity index is 321. The van der Waals surface area contributed by atoms with Gasteiger partial charge in [-0.2, -0.15) is 0 Å². The van der Waals surface area contributed by atoms with Gasteiger partial charge in [0, 0.05) is 16.2 Å². The highest BCUT2D eigenvalue weighted by molar-refractivity contribution is 7.99. The SMILES string of the molecule is CNC(c1ccc(SC(C)C)cc1)C(C)CN. The zero-order chi connectivity index (χ0) is 12.8. The van der Waals surface area contributed by atoms with E-state index < -0.39 is 0 Å². The van der Waals surface area contributed by atoms with E-state index in [0.29, 0.717) is 23.8 Å². The van der Waals surface area contributed by atoms with E-state index in [0.717, 1.165) is 0 Å².